The van der Waals surface area contributed by atoms with Gasteiger partial charge in [0.2, 0.25) is 0 Å². The molecule has 2 aliphatic rings. The summed E-state index contributed by atoms with van der Waals surface area (Å²) in [5.74, 6) is 6.36. The van der Waals surface area contributed by atoms with Crippen LogP contribution in [0.15, 0.2) is 18.3 Å². The molecule has 0 aromatic carbocycles. The fourth-order valence-corrected chi connectivity index (χ4v) is 4.37. The minimum absolute atomic E-state index is 0.144. The second-order valence-corrected chi connectivity index (χ2v) is 6.52. The Kier molecular flexibility index (Phi) is 4.57. The molecule has 0 saturated heterocycles. The van der Waals surface area contributed by atoms with E-state index in [1.165, 1.54) is 36.9 Å². The summed E-state index contributed by atoms with van der Waals surface area (Å²) in [6.45, 7) is 0. The van der Waals surface area contributed by atoms with E-state index in [4.69, 9.17) is 10.6 Å². The SMILES string of the molecule is COC1(C(NN)C2CCc3cccnc32)CCCCCC1. The van der Waals surface area contributed by atoms with Gasteiger partial charge in [-0.05, 0) is 37.3 Å². The number of nitrogens with zero attached hydrogens (tertiary/aromatic N) is 1. The van der Waals surface area contributed by atoms with Crippen molar-refractivity contribution in [3.8, 4) is 0 Å². The summed E-state index contributed by atoms with van der Waals surface area (Å²) in [4.78, 5) is 4.64. The number of ether oxygens (including phenoxy) is 1. The molecule has 1 aromatic heterocycles. The zero-order chi connectivity index (χ0) is 14.7. The van der Waals surface area contributed by atoms with Gasteiger partial charge in [0.05, 0.1) is 11.6 Å². The maximum absolute atomic E-state index is 6.07. The molecule has 116 valence electrons. The average Bonchev–Trinajstić information content (AvgIpc) is 2.79. The Morgan fingerprint density at radius 2 is 2.10 bits per heavy atom. The molecule has 1 heterocycles. The van der Waals surface area contributed by atoms with Gasteiger partial charge in [0.15, 0.2) is 0 Å². The van der Waals surface area contributed by atoms with Crippen LogP contribution in [-0.2, 0) is 11.2 Å². The van der Waals surface area contributed by atoms with Gasteiger partial charge in [0.25, 0.3) is 0 Å². The lowest BCUT2D eigenvalue weighted by molar-refractivity contribution is -0.0599. The van der Waals surface area contributed by atoms with Crippen LogP contribution in [0.4, 0.5) is 0 Å². The predicted octanol–water partition coefficient (Wildman–Crippen LogP) is 2.68. The Morgan fingerprint density at radius 3 is 2.76 bits per heavy atom. The summed E-state index contributed by atoms with van der Waals surface area (Å²) in [6, 6.07) is 4.38. The number of fused-ring (bicyclic) bond motifs is 1. The fraction of sp³-hybridized carbons (Fsp3) is 0.706. The van der Waals surface area contributed by atoms with Crippen molar-refractivity contribution in [1.29, 1.82) is 0 Å². The van der Waals surface area contributed by atoms with E-state index in [1.54, 1.807) is 0 Å². The van der Waals surface area contributed by atoms with Crippen molar-refractivity contribution in [3.63, 3.8) is 0 Å². The molecule has 4 heteroatoms. The Hall–Kier alpha value is -0.970. The number of aryl methyl sites for hydroxylation is 1. The first-order valence-electron chi connectivity index (χ1n) is 8.26. The van der Waals surface area contributed by atoms with Gasteiger partial charge in [-0.1, -0.05) is 31.7 Å². The number of rotatable bonds is 4. The molecule has 21 heavy (non-hydrogen) atoms. The lowest BCUT2D eigenvalue weighted by Gasteiger charge is -2.42. The quantitative estimate of drug-likeness (QED) is 0.508. The summed E-state index contributed by atoms with van der Waals surface area (Å²) in [5, 5.41) is 0. The minimum atomic E-state index is -0.144. The first-order chi connectivity index (χ1) is 10.3. The van der Waals surface area contributed by atoms with Gasteiger partial charge < -0.3 is 4.74 Å². The van der Waals surface area contributed by atoms with Gasteiger partial charge in [0, 0.05) is 24.9 Å². The van der Waals surface area contributed by atoms with Crippen LogP contribution in [0, 0.1) is 0 Å². The van der Waals surface area contributed by atoms with Crippen LogP contribution in [0.25, 0.3) is 0 Å². The lowest BCUT2D eigenvalue weighted by Crippen LogP contribution is -2.57. The number of hydrazine groups is 1. The van der Waals surface area contributed by atoms with Crippen molar-refractivity contribution in [2.75, 3.05) is 7.11 Å². The van der Waals surface area contributed by atoms with Crippen LogP contribution in [0.1, 0.15) is 62.1 Å². The molecule has 4 nitrogen and oxygen atoms in total. The van der Waals surface area contributed by atoms with Gasteiger partial charge in [-0.15, -0.1) is 0 Å². The number of methoxy groups -OCH3 is 1. The Labute approximate surface area is 127 Å². The summed E-state index contributed by atoms with van der Waals surface area (Å²) >= 11 is 0. The monoisotopic (exact) mass is 289 g/mol. The highest BCUT2D eigenvalue weighted by Crippen LogP contribution is 2.42. The standard InChI is InChI=1S/C17H27N3O/c1-21-17(10-4-2-3-5-11-17)16(20-18)14-9-8-13-7-6-12-19-15(13)14/h6-7,12,14,16,20H,2-5,8-11,18H2,1H3. The van der Waals surface area contributed by atoms with Crippen LogP contribution in [-0.4, -0.2) is 23.7 Å². The van der Waals surface area contributed by atoms with E-state index in [-0.39, 0.29) is 11.6 Å². The first kappa shape index (κ1) is 14.9. The molecule has 0 spiro atoms. The number of aromatic nitrogens is 1. The van der Waals surface area contributed by atoms with Crippen LogP contribution < -0.4 is 11.3 Å². The molecule has 3 rings (SSSR count). The van der Waals surface area contributed by atoms with E-state index < -0.39 is 0 Å². The number of nitrogens with two attached hydrogens (primary N) is 1. The average molecular weight is 289 g/mol. The summed E-state index contributed by atoms with van der Waals surface area (Å²) in [7, 11) is 1.85. The number of hydrogen-bond acceptors (Lipinski definition) is 4. The van der Waals surface area contributed by atoms with Gasteiger partial charge in [-0.25, -0.2) is 0 Å². The Balaban J connectivity index is 1.90. The number of pyridine rings is 1. The first-order valence-corrected chi connectivity index (χ1v) is 8.26. The summed E-state index contributed by atoms with van der Waals surface area (Å²) < 4.78 is 6.07. The molecule has 1 saturated carbocycles. The van der Waals surface area contributed by atoms with Gasteiger partial charge in [0.1, 0.15) is 0 Å². The minimum Gasteiger partial charge on any atom is -0.377 e. The lowest BCUT2D eigenvalue weighted by atomic mass is 9.78. The normalized spacial score (nSPS) is 26.1. The Morgan fingerprint density at radius 1 is 1.33 bits per heavy atom. The number of nitrogens with one attached hydrogen (secondary N) is 1. The highest BCUT2D eigenvalue weighted by atomic mass is 16.5. The predicted molar refractivity (Wildman–Crippen MR) is 83.9 cm³/mol. The third-order valence-electron chi connectivity index (χ3n) is 5.51. The molecule has 2 aliphatic carbocycles. The van der Waals surface area contributed by atoms with E-state index >= 15 is 0 Å². The molecule has 0 radical (unpaired) electrons. The summed E-state index contributed by atoms with van der Waals surface area (Å²) in [5.41, 5.74) is 5.57. The molecule has 1 fully saturated rings. The van der Waals surface area contributed by atoms with Crippen molar-refractivity contribution >= 4 is 0 Å². The molecule has 2 unspecified atom stereocenters. The highest BCUT2D eigenvalue weighted by molar-refractivity contribution is 5.31. The molecule has 0 amide bonds. The topological polar surface area (TPSA) is 60.2 Å². The van der Waals surface area contributed by atoms with Gasteiger partial charge in [-0.3, -0.25) is 16.3 Å². The van der Waals surface area contributed by atoms with Gasteiger partial charge >= 0.3 is 0 Å². The number of hydrogen-bond donors (Lipinski definition) is 2. The molecule has 0 bridgehead atoms. The van der Waals surface area contributed by atoms with E-state index in [9.17, 15) is 0 Å². The largest absolute Gasteiger partial charge is 0.377 e. The van der Waals surface area contributed by atoms with Crippen LogP contribution in [0.2, 0.25) is 0 Å². The smallest absolute Gasteiger partial charge is 0.0850 e. The fourth-order valence-electron chi connectivity index (χ4n) is 4.37. The summed E-state index contributed by atoms with van der Waals surface area (Å²) in [6.07, 6.45) is 11.4. The molecular formula is C17H27N3O. The molecule has 1 aromatic rings. The van der Waals surface area contributed by atoms with E-state index in [0.717, 1.165) is 25.7 Å². The van der Waals surface area contributed by atoms with E-state index in [0.29, 0.717) is 5.92 Å². The zero-order valence-corrected chi connectivity index (χ0v) is 13.0. The van der Waals surface area contributed by atoms with Crippen molar-refractivity contribution in [1.82, 2.24) is 10.4 Å². The maximum Gasteiger partial charge on any atom is 0.0850 e. The van der Waals surface area contributed by atoms with Gasteiger partial charge in [-0.2, -0.15) is 0 Å². The third-order valence-corrected chi connectivity index (χ3v) is 5.51. The molecular weight excluding hydrogens is 262 g/mol. The van der Waals surface area contributed by atoms with Crippen LogP contribution in [0.5, 0.6) is 0 Å². The van der Waals surface area contributed by atoms with E-state index in [2.05, 4.69) is 16.5 Å². The second kappa shape index (κ2) is 6.42. The van der Waals surface area contributed by atoms with Crippen molar-refractivity contribution in [2.24, 2.45) is 5.84 Å². The molecule has 0 aliphatic heterocycles. The third kappa shape index (κ3) is 2.72. The Bertz CT molecular complexity index is 469. The van der Waals surface area contributed by atoms with Crippen molar-refractivity contribution < 1.29 is 4.74 Å². The second-order valence-electron chi connectivity index (χ2n) is 6.52. The maximum atomic E-state index is 6.07. The van der Waals surface area contributed by atoms with Crippen LogP contribution >= 0.6 is 0 Å². The molecule has 3 N–H and O–H groups in total. The van der Waals surface area contributed by atoms with Crippen LogP contribution in [0.3, 0.4) is 0 Å². The van der Waals surface area contributed by atoms with E-state index in [1.807, 2.05) is 19.4 Å². The molecule has 2 atom stereocenters. The zero-order valence-electron chi connectivity index (χ0n) is 13.0. The van der Waals surface area contributed by atoms with Crippen molar-refractivity contribution in [2.45, 2.75) is 68.9 Å². The highest BCUT2D eigenvalue weighted by Gasteiger charge is 2.45. The van der Waals surface area contributed by atoms with Crippen molar-refractivity contribution in [3.05, 3.63) is 29.6 Å².